The van der Waals surface area contributed by atoms with E-state index in [0.29, 0.717) is 6.61 Å². The molecule has 0 radical (unpaired) electrons. The number of thioether (sulfide) groups is 1. The summed E-state index contributed by atoms with van der Waals surface area (Å²) in [5.41, 5.74) is 0. The van der Waals surface area contributed by atoms with Crippen molar-refractivity contribution in [3.63, 3.8) is 0 Å². The van der Waals surface area contributed by atoms with E-state index in [2.05, 4.69) is 11.2 Å². The zero-order chi connectivity index (χ0) is 9.52. The summed E-state index contributed by atoms with van der Waals surface area (Å²) in [6, 6.07) is 0. The Balaban J connectivity index is 2.16. The third kappa shape index (κ3) is 4.34. The molecular weight excluding hydrogens is 182 g/mol. The Morgan fingerprint density at radius 3 is 3.08 bits per heavy atom. The molecule has 0 aromatic carbocycles. The quantitative estimate of drug-likeness (QED) is 0.731. The molecular formula is C10H21NOS. The number of rotatable bonds is 5. The fourth-order valence-corrected chi connectivity index (χ4v) is 2.43. The van der Waals surface area contributed by atoms with E-state index in [0.717, 1.165) is 12.3 Å². The number of aliphatic hydroxyl groups excluding tert-OH is 1. The van der Waals surface area contributed by atoms with Gasteiger partial charge in [-0.05, 0) is 38.0 Å². The smallest absolute Gasteiger partial charge is 0.0434 e. The minimum atomic E-state index is 0.362. The van der Waals surface area contributed by atoms with Gasteiger partial charge in [0, 0.05) is 25.4 Å². The molecule has 0 amide bonds. The highest BCUT2D eigenvalue weighted by Gasteiger charge is 2.18. The fourth-order valence-electron chi connectivity index (χ4n) is 1.99. The lowest BCUT2D eigenvalue weighted by Gasteiger charge is -2.32. The molecule has 0 aromatic rings. The van der Waals surface area contributed by atoms with E-state index in [4.69, 9.17) is 5.11 Å². The van der Waals surface area contributed by atoms with Crippen molar-refractivity contribution in [3.05, 3.63) is 0 Å². The maximum absolute atomic E-state index is 8.86. The molecule has 78 valence electrons. The Morgan fingerprint density at radius 1 is 1.54 bits per heavy atom. The molecule has 0 aromatic heterocycles. The van der Waals surface area contributed by atoms with Gasteiger partial charge >= 0.3 is 0 Å². The highest BCUT2D eigenvalue weighted by Crippen LogP contribution is 2.19. The first-order valence-electron chi connectivity index (χ1n) is 5.19. The summed E-state index contributed by atoms with van der Waals surface area (Å²) >= 11 is 1.92. The number of piperidine rings is 1. The minimum Gasteiger partial charge on any atom is -0.396 e. The highest BCUT2D eigenvalue weighted by atomic mass is 32.2. The first-order chi connectivity index (χ1) is 6.36. The Hall–Kier alpha value is 0.270. The van der Waals surface area contributed by atoms with Gasteiger partial charge < -0.3 is 10.0 Å². The molecule has 13 heavy (non-hydrogen) atoms. The van der Waals surface area contributed by atoms with Crippen LogP contribution in [0.15, 0.2) is 0 Å². The van der Waals surface area contributed by atoms with Crippen LogP contribution in [-0.4, -0.2) is 48.3 Å². The van der Waals surface area contributed by atoms with Crippen LogP contribution in [-0.2, 0) is 0 Å². The summed E-state index contributed by atoms with van der Waals surface area (Å²) in [4.78, 5) is 2.54. The summed E-state index contributed by atoms with van der Waals surface area (Å²) in [6.07, 6.45) is 5.79. The molecule has 1 aliphatic heterocycles. The molecule has 1 rings (SSSR count). The average molecular weight is 203 g/mol. The number of hydrogen-bond donors (Lipinski definition) is 1. The van der Waals surface area contributed by atoms with Gasteiger partial charge in [0.15, 0.2) is 0 Å². The van der Waals surface area contributed by atoms with Crippen molar-refractivity contribution in [3.8, 4) is 0 Å². The fraction of sp³-hybridized carbons (Fsp3) is 1.00. The standard InChI is InChI=1S/C10H21NOS/c1-13-8-6-11-5-2-3-10(9-11)4-7-12/h10,12H,2-9H2,1H3. The Kier molecular flexibility index (Phi) is 5.83. The Labute approximate surface area is 85.7 Å². The molecule has 1 fully saturated rings. The summed E-state index contributed by atoms with van der Waals surface area (Å²) in [7, 11) is 0. The van der Waals surface area contributed by atoms with Gasteiger partial charge in [0.2, 0.25) is 0 Å². The second-order valence-electron chi connectivity index (χ2n) is 3.81. The van der Waals surface area contributed by atoms with Crippen LogP contribution in [0.3, 0.4) is 0 Å². The second-order valence-corrected chi connectivity index (χ2v) is 4.80. The maximum Gasteiger partial charge on any atom is 0.0434 e. The average Bonchev–Trinajstić information content (AvgIpc) is 2.16. The van der Waals surface area contributed by atoms with Crippen molar-refractivity contribution in [1.29, 1.82) is 0 Å². The predicted octanol–water partition coefficient (Wildman–Crippen LogP) is 1.44. The van der Waals surface area contributed by atoms with Crippen molar-refractivity contribution >= 4 is 11.8 Å². The van der Waals surface area contributed by atoms with Crippen LogP contribution < -0.4 is 0 Å². The molecule has 2 nitrogen and oxygen atoms in total. The lowest BCUT2D eigenvalue weighted by Crippen LogP contribution is -2.37. The van der Waals surface area contributed by atoms with Crippen LogP contribution in [0.2, 0.25) is 0 Å². The normalized spacial score (nSPS) is 24.9. The highest BCUT2D eigenvalue weighted by molar-refractivity contribution is 7.98. The number of hydrogen-bond acceptors (Lipinski definition) is 3. The van der Waals surface area contributed by atoms with Crippen LogP contribution in [0.25, 0.3) is 0 Å². The largest absolute Gasteiger partial charge is 0.396 e. The third-order valence-electron chi connectivity index (χ3n) is 2.75. The minimum absolute atomic E-state index is 0.362. The summed E-state index contributed by atoms with van der Waals surface area (Å²) in [5, 5.41) is 8.86. The summed E-state index contributed by atoms with van der Waals surface area (Å²) < 4.78 is 0. The topological polar surface area (TPSA) is 23.5 Å². The number of nitrogens with zero attached hydrogens (tertiary/aromatic N) is 1. The van der Waals surface area contributed by atoms with E-state index in [1.165, 1.54) is 38.2 Å². The molecule has 1 heterocycles. The second kappa shape index (κ2) is 6.68. The molecule has 3 heteroatoms. The molecule has 0 bridgehead atoms. The Bertz CT molecular complexity index is 130. The van der Waals surface area contributed by atoms with Crippen molar-refractivity contribution in [1.82, 2.24) is 4.90 Å². The summed E-state index contributed by atoms with van der Waals surface area (Å²) in [5.74, 6) is 1.99. The van der Waals surface area contributed by atoms with Crippen molar-refractivity contribution in [2.45, 2.75) is 19.3 Å². The third-order valence-corrected chi connectivity index (χ3v) is 3.34. The van der Waals surface area contributed by atoms with Crippen molar-refractivity contribution in [2.24, 2.45) is 5.92 Å². The van der Waals surface area contributed by atoms with E-state index in [1.54, 1.807) is 0 Å². The Morgan fingerprint density at radius 2 is 2.38 bits per heavy atom. The molecule has 1 unspecified atom stereocenters. The molecule has 0 saturated carbocycles. The van der Waals surface area contributed by atoms with E-state index < -0.39 is 0 Å². The lowest BCUT2D eigenvalue weighted by atomic mass is 9.95. The molecule has 0 aliphatic carbocycles. The van der Waals surface area contributed by atoms with Gasteiger partial charge in [-0.1, -0.05) is 0 Å². The van der Waals surface area contributed by atoms with Gasteiger partial charge in [-0.2, -0.15) is 11.8 Å². The van der Waals surface area contributed by atoms with Crippen LogP contribution in [0, 0.1) is 5.92 Å². The number of aliphatic hydroxyl groups is 1. The van der Waals surface area contributed by atoms with Crippen molar-refractivity contribution < 1.29 is 5.11 Å². The number of likely N-dealkylation sites (tertiary alicyclic amines) is 1. The molecule has 1 atom stereocenters. The first-order valence-corrected chi connectivity index (χ1v) is 6.58. The molecule has 1 aliphatic rings. The summed E-state index contributed by atoms with van der Waals surface area (Å²) in [6.45, 7) is 4.06. The van der Waals surface area contributed by atoms with Gasteiger partial charge in [-0.25, -0.2) is 0 Å². The van der Waals surface area contributed by atoms with Gasteiger partial charge in [0.05, 0.1) is 0 Å². The van der Waals surface area contributed by atoms with Crippen LogP contribution in [0.5, 0.6) is 0 Å². The zero-order valence-corrected chi connectivity index (χ0v) is 9.35. The van der Waals surface area contributed by atoms with Gasteiger partial charge in [0.1, 0.15) is 0 Å². The van der Waals surface area contributed by atoms with E-state index in [-0.39, 0.29) is 0 Å². The maximum atomic E-state index is 8.86. The lowest BCUT2D eigenvalue weighted by molar-refractivity contribution is 0.154. The van der Waals surface area contributed by atoms with E-state index in [9.17, 15) is 0 Å². The van der Waals surface area contributed by atoms with Gasteiger partial charge in [0.25, 0.3) is 0 Å². The van der Waals surface area contributed by atoms with E-state index >= 15 is 0 Å². The van der Waals surface area contributed by atoms with Gasteiger partial charge in [-0.15, -0.1) is 0 Å². The van der Waals surface area contributed by atoms with Crippen molar-refractivity contribution in [2.75, 3.05) is 38.2 Å². The molecule has 0 spiro atoms. The van der Waals surface area contributed by atoms with E-state index in [1.807, 2.05) is 11.8 Å². The van der Waals surface area contributed by atoms with Gasteiger partial charge in [-0.3, -0.25) is 0 Å². The molecule has 1 saturated heterocycles. The zero-order valence-electron chi connectivity index (χ0n) is 8.54. The first kappa shape index (κ1) is 11.3. The SMILES string of the molecule is CSCCN1CCCC(CCO)C1. The van der Waals surface area contributed by atoms with Crippen LogP contribution in [0.4, 0.5) is 0 Å². The molecule has 1 N–H and O–H groups in total. The predicted molar refractivity (Wildman–Crippen MR) is 59.2 cm³/mol. The monoisotopic (exact) mass is 203 g/mol. The van der Waals surface area contributed by atoms with Crippen LogP contribution >= 0.6 is 11.8 Å². The van der Waals surface area contributed by atoms with Crippen LogP contribution in [0.1, 0.15) is 19.3 Å².